The predicted octanol–water partition coefficient (Wildman–Crippen LogP) is 3.82. The Hall–Kier alpha value is -1.13. The number of hydrogen-bond acceptors (Lipinski definition) is 3. The smallest absolute Gasteiger partial charge is 0.0937 e. The summed E-state index contributed by atoms with van der Waals surface area (Å²) in [6.45, 7) is 4.96. The van der Waals surface area contributed by atoms with E-state index in [4.69, 9.17) is 0 Å². The van der Waals surface area contributed by atoms with Gasteiger partial charge in [-0.15, -0.1) is 11.3 Å². The van der Waals surface area contributed by atoms with Crippen LogP contribution in [0.15, 0.2) is 12.1 Å². The van der Waals surface area contributed by atoms with Gasteiger partial charge in [0.2, 0.25) is 0 Å². The first-order valence-corrected chi connectivity index (χ1v) is 8.82. The number of aryl methyl sites for hydroxylation is 4. The van der Waals surface area contributed by atoms with E-state index in [2.05, 4.69) is 24.2 Å². The maximum absolute atomic E-state index is 10.6. The number of nitrogens with zero attached hydrogens (tertiary/aromatic N) is 2. The first-order valence-electron chi connectivity index (χ1n) is 8.00. The van der Waals surface area contributed by atoms with Crippen molar-refractivity contribution < 1.29 is 5.11 Å². The highest BCUT2D eigenvalue weighted by atomic mass is 32.1. The van der Waals surface area contributed by atoms with Crippen molar-refractivity contribution in [2.24, 2.45) is 0 Å². The highest BCUT2D eigenvalue weighted by Gasteiger charge is 2.18. The Morgan fingerprint density at radius 2 is 2.10 bits per heavy atom. The molecule has 2 aromatic heterocycles. The van der Waals surface area contributed by atoms with Crippen molar-refractivity contribution in [1.29, 1.82) is 0 Å². The van der Waals surface area contributed by atoms with Crippen LogP contribution >= 0.6 is 11.3 Å². The Morgan fingerprint density at radius 1 is 1.29 bits per heavy atom. The number of fused-ring (bicyclic) bond motifs is 1. The quantitative estimate of drug-likeness (QED) is 0.872. The zero-order valence-corrected chi connectivity index (χ0v) is 13.7. The molecule has 0 aromatic carbocycles. The molecular weight excluding hydrogens is 280 g/mol. The van der Waals surface area contributed by atoms with Crippen molar-refractivity contribution in [3.63, 3.8) is 0 Å². The van der Waals surface area contributed by atoms with Crippen molar-refractivity contribution in [3.8, 4) is 0 Å². The molecule has 1 N–H and O–H groups in total. The fourth-order valence-electron chi connectivity index (χ4n) is 3.19. The number of aliphatic hydroxyl groups is 1. The third-order valence-electron chi connectivity index (χ3n) is 4.28. The lowest BCUT2D eigenvalue weighted by Crippen LogP contribution is -2.07. The maximum atomic E-state index is 10.6. The molecule has 0 radical (unpaired) electrons. The van der Waals surface area contributed by atoms with Crippen LogP contribution in [-0.2, 0) is 25.8 Å². The van der Waals surface area contributed by atoms with Crippen molar-refractivity contribution >= 4 is 11.3 Å². The summed E-state index contributed by atoms with van der Waals surface area (Å²) in [5, 5.41) is 15.1. The summed E-state index contributed by atoms with van der Waals surface area (Å²) in [6, 6.07) is 4.33. The molecule has 2 heterocycles. The van der Waals surface area contributed by atoms with Gasteiger partial charge in [-0.1, -0.05) is 6.42 Å². The number of aliphatic hydroxyl groups excluding tert-OH is 1. The van der Waals surface area contributed by atoms with Gasteiger partial charge in [0.1, 0.15) is 0 Å². The summed E-state index contributed by atoms with van der Waals surface area (Å²) in [5.41, 5.74) is 3.64. The first kappa shape index (κ1) is 14.8. The van der Waals surface area contributed by atoms with E-state index in [-0.39, 0.29) is 0 Å². The van der Waals surface area contributed by atoms with Crippen LogP contribution in [0.3, 0.4) is 0 Å². The van der Waals surface area contributed by atoms with E-state index in [1.54, 1.807) is 0 Å². The van der Waals surface area contributed by atoms with E-state index in [0.717, 1.165) is 22.8 Å². The lowest BCUT2D eigenvalue weighted by atomic mass is 10.1. The van der Waals surface area contributed by atoms with E-state index in [1.165, 1.54) is 42.5 Å². The Kier molecular flexibility index (Phi) is 4.45. The van der Waals surface area contributed by atoms with Gasteiger partial charge >= 0.3 is 0 Å². The third-order valence-corrected chi connectivity index (χ3v) is 5.62. The van der Waals surface area contributed by atoms with Crippen LogP contribution in [0.1, 0.15) is 59.0 Å². The molecule has 1 atom stereocenters. The van der Waals surface area contributed by atoms with Crippen molar-refractivity contribution in [2.45, 2.75) is 65.0 Å². The number of rotatable bonds is 4. The molecule has 0 fully saturated rings. The van der Waals surface area contributed by atoms with Crippen LogP contribution in [0.2, 0.25) is 0 Å². The molecule has 4 heteroatoms. The van der Waals surface area contributed by atoms with E-state index in [0.29, 0.717) is 6.42 Å². The van der Waals surface area contributed by atoms with E-state index in [9.17, 15) is 5.11 Å². The largest absolute Gasteiger partial charge is 0.387 e. The molecule has 0 aliphatic heterocycles. The van der Waals surface area contributed by atoms with Crippen LogP contribution in [-0.4, -0.2) is 14.9 Å². The average molecular weight is 304 g/mol. The van der Waals surface area contributed by atoms with E-state index in [1.807, 2.05) is 22.9 Å². The molecule has 3 rings (SSSR count). The molecule has 3 nitrogen and oxygen atoms in total. The standard InChI is InChI=1S/C17H24N2OS/c1-3-19-14(9-12(2)18-19)11-15(20)17-10-13-7-5-4-6-8-16(13)21-17/h9-10,15,20H,3-8,11H2,1-2H3. The minimum Gasteiger partial charge on any atom is -0.387 e. The Bertz CT molecular complexity index is 591. The van der Waals surface area contributed by atoms with Crippen LogP contribution < -0.4 is 0 Å². The summed E-state index contributed by atoms with van der Waals surface area (Å²) < 4.78 is 2.00. The summed E-state index contributed by atoms with van der Waals surface area (Å²) >= 11 is 1.82. The SMILES string of the molecule is CCn1nc(C)cc1CC(O)c1cc2c(s1)CCCCC2. The van der Waals surface area contributed by atoms with E-state index >= 15 is 0 Å². The molecule has 0 saturated carbocycles. The molecule has 0 bridgehead atoms. The van der Waals surface area contributed by atoms with Gasteiger partial charge in [-0.2, -0.15) is 5.10 Å². The minimum absolute atomic E-state index is 0.400. The van der Waals surface area contributed by atoms with Gasteiger partial charge in [0, 0.05) is 28.4 Å². The van der Waals surface area contributed by atoms with Crippen LogP contribution in [0, 0.1) is 6.92 Å². The van der Waals surface area contributed by atoms with Crippen LogP contribution in [0.5, 0.6) is 0 Å². The third kappa shape index (κ3) is 3.22. The average Bonchev–Trinajstić information content (AvgIpc) is 2.96. The molecule has 21 heavy (non-hydrogen) atoms. The summed E-state index contributed by atoms with van der Waals surface area (Å²) in [7, 11) is 0. The summed E-state index contributed by atoms with van der Waals surface area (Å²) in [6.07, 6.45) is 6.57. The molecule has 114 valence electrons. The van der Waals surface area contributed by atoms with Gasteiger partial charge in [0.15, 0.2) is 0 Å². The monoisotopic (exact) mass is 304 g/mol. The molecule has 1 unspecified atom stereocenters. The highest BCUT2D eigenvalue weighted by molar-refractivity contribution is 7.12. The lowest BCUT2D eigenvalue weighted by molar-refractivity contribution is 0.179. The molecule has 0 amide bonds. The topological polar surface area (TPSA) is 38.0 Å². The maximum Gasteiger partial charge on any atom is 0.0937 e. The molecule has 1 aliphatic rings. The second kappa shape index (κ2) is 6.32. The molecule has 2 aromatic rings. The van der Waals surface area contributed by atoms with Gasteiger partial charge in [0.05, 0.1) is 11.8 Å². The fraction of sp³-hybridized carbons (Fsp3) is 0.588. The van der Waals surface area contributed by atoms with Crippen LogP contribution in [0.25, 0.3) is 0 Å². The van der Waals surface area contributed by atoms with Crippen molar-refractivity contribution in [3.05, 3.63) is 38.8 Å². The second-order valence-corrected chi connectivity index (χ2v) is 7.14. The Morgan fingerprint density at radius 3 is 2.90 bits per heavy atom. The normalized spacial score (nSPS) is 16.5. The highest BCUT2D eigenvalue weighted by Crippen LogP contribution is 2.33. The minimum atomic E-state index is -0.400. The van der Waals surface area contributed by atoms with E-state index < -0.39 is 6.10 Å². The number of hydrogen-bond donors (Lipinski definition) is 1. The van der Waals surface area contributed by atoms with Crippen molar-refractivity contribution in [1.82, 2.24) is 9.78 Å². The Labute approximate surface area is 130 Å². The zero-order valence-electron chi connectivity index (χ0n) is 12.9. The molecule has 1 aliphatic carbocycles. The predicted molar refractivity (Wildman–Crippen MR) is 86.9 cm³/mol. The van der Waals surface area contributed by atoms with Gasteiger partial charge in [0.25, 0.3) is 0 Å². The second-order valence-electron chi connectivity index (χ2n) is 5.97. The number of thiophene rings is 1. The van der Waals surface area contributed by atoms with Gasteiger partial charge in [-0.3, -0.25) is 4.68 Å². The summed E-state index contributed by atoms with van der Waals surface area (Å²) in [4.78, 5) is 2.63. The zero-order chi connectivity index (χ0) is 14.8. The van der Waals surface area contributed by atoms with Gasteiger partial charge < -0.3 is 5.11 Å². The van der Waals surface area contributed by atoms with Gasteiger partial charge in [-0.25, -0.2) is 0 Å². The number of aromatic nitrogens is 2. The van der Waals surface area contributed by atoms with Crippen molar-refractivity contribution in [2.75, 3.05) is 0 Å². The fourth-order valence-corrected chi connectivity index (χ4v) is 4.43. The molecular formula is C17H24N2OS. The summed E-state index contributed by atoms with van der Waals surface area (Å²) in [5.74, 6) is 0. The Balaban J connectivity index is 1.77. The first-order chi connectivity index (χ1) is 10.2. The lowest BCUT2D eigenvalue weighted by Gasteiger charge is -2.10. The van der Waals surface area contributed by atoms with Crippen LogP contribution in [0.4, 0.5) is 0 Å². The molecule has 0 saturated heterocycles. The molecule has 0 spiro atoms. The van der Waals surface area contributed by atoms with Gasteiger partial charge in [-0.05, 0) is 57.2 Å².